The summed E-state index contributed by atoms with van der Waals surface area (Å²) in [5, 5.41) is 11.4. The molecule has 5 heteroatoms. The van der Waals surface area contributed by atoms with Gasteiger partial charge in [0.2, 0.25) is 0 Å². The van der Waals surface area contributed by atoms with Crippen molar-refractivity contribution in [1.82, 2.24) is 20.3 Å². The second kappa shape index (κ2) is 6.35. The molecule has 1 aromatic rings. The van der Waals surface area contributed by atoms with Gasteiger partial charge in [-0.1, -0.05) is 26.0 Å². The third kappa shape index (κ3) is 4.22. The molecule has 0 fully saturated rings. The fourth-order valence-electron chi connectivity index (χ4n) is 1.59. The Kier molecular flexibility index (Phi) is 5.41. The van der Waals surface area contributed by atoms with Crippen molar-refractivity contribution in [2.24, 2.45) is 18.9 Å². The first kappa shape index (κ1) is 13.6. The molecular weight excluding hydrogens is 268 g/mol. The van der Waals surface area contributed by atoms with Crippen molar-refractivity contribution in [2.45, 2.75) is 27.2 Å². The summed E-state index contributed by atoms with van der Waals surface area (Å²) in [6.45, 7) is 8.80. The summed E-state index contributed by atoms with van der Waals surface area (Å²) in [7, 11) is 1.93. The Bertz CT molecular complexity index is 302. The predicted octanol–water partition coefficient (Wildman–Crippen LogP) is 2.00. The molecule has 0 saturated heterocycles. The number of hydrogen-bond donors (Lipinski definition) is 1. The minimum absolute atomic E-state index is 0.590. The first-order chi connectivity index (χ1) is 7.50. The Morgan fingerprint density at radius 3 is 2.50 bits per heavy atom. The van der Waals surface area contributed by atoms with E-state index < -0.39 is 0 Å². The molecule has 0 spiro atoms. The maximum atomic E-state index is 3.99. The normalized spacial score (nSPS) is 13.4. The van der Waals surface area contributed by atoms with Crippen molar-refractivity contribution in [3.63, 3.8) is 0 Å². The number of aromatic nitrogens is 3. The summed E-state index contributed by atoms with van der Waals surface area (Å²) in [5.41, 5.74) is 1.17. The van der Waals surface area contributed by atoms with Crippen LogP contribution in [0.25, 0.3) is 0 Å². The van der Waals surface area contributed by atoms with Gasteiger partial charge in [-0.05, 0) is 47.3 Å². The van der Waals surface area contributed by atoms with E-state index in [0.717, 1.165) is 24.1 Å². The van der Waals surface area contributed by atoms with Gasteiger partial charge in [-0.15, -0.1) is 5.10 Å². The Morgan fingerprint density at radius 1 is 1.31 bits per heavy atom. The maximum Gasteiger partial charge on any atom is 0.151 e. The van der Waals surface area contributed by atoms with Crippen LogP contribution in [-0.4, -0.2) is 28.1 Å². The minimum Gasteiger partial charge on any atom is -0.316 e. The Hall–Kier alpha value is -0.420. The Balaban J connectivity index is 2.37. The van der Waals surface area contributed by atoms with Crippen LogP contribution < -0.4 is 5.32 Å². The van der Waals surface area contributed by atoms with Gasteiger partial charge in [0.05, 0.1) is 5.69 Å². The van der Waals surface area contributed by atoms with Gasteiger partial charge >= 0.3 is 0 Å². The van der Waals surface area contributed by atoms with Crippen LogP contribution in [0, 0.1) is 11.8 Å². The lowest BCUT2D eigenvalue weighted by molar-refractivity contribution is 0.464. The maximum absolute atomic E-state index is 3.99. The molecule has 0 aliphatic rings. The molecule has 1 atom stereocenters. The van der Waals surface area contributed by atoms with Gasteiger partial charge in [0.15, 0.2) is 4.60 Å². The van der Waals surface area contributed by atoms with Crippen LogP contribution in [0.1, 0.15) is 26.5 Å². The summed E-state index contributed by atoms with van der Waals surface area (Å²) < 4.78 is 2.70. The van der Waals surface area contributed by atoms with Crippen LogP contribution in [0.3, 0.4) is 0 Å². The van der Waals surface area contributed by atoms with Crippen LogP contribution in [-0.2, 0) is 13.5 Å². The van der Waals surface area contributed by atoms with Gasteiger partial charge in [-0.2, -0.15) is 0 Å². The number of halogens is 1. The second-order valence-electron chi connectivity index (χ2n) is 4.81. The van der Waals surface area contributed by atoms with Crippen molar-refractivity contribution >= 4 is 15.9 Å². The van der Waals surface area contributed by atoms with Crippen LogP contribution in [0.4, 0.5) is 0 Å². The zero-order chi connectivity index (χ0) is 12.1. The average molecular weight is 289 g/mol. The van der Waals surface area contributed by atoms with Crippen molar-refractivity contribution in [3.05, 3.63) is 10.3 Å². The number of rotatable bonds is 6. The lowest BCUT2D eigenvalue weighted by Gasteiger charge is -2.13. The molecule has 1 aromatic heterocycles. The average Bonchev–Trinajstić information content (AvgIpc) is 2.49. The highest BCUT2D eigenvalue weighted by Gasteiger charge is 2.12. The molecule has 0 aliphatic carbocycles. The molecule has 1 N–H and O–H groups in total. The van der Waals surface area contributed by atoms with Crippen molar-refractivity contribution in [3.8, 4) is 0 Å². The molecule has 1 heterocycles. The van der Waals surface area contributed by atoms with E-state index in [4.69, 9.17) is 0 Å². The van der Waals surface area contributed by atoms with Gasteiger partial charge in [0.25, 0.3) is 0 Å². The van der Waals surface area contributed by atoms with Crippen molar-refractivity contribution < 1.29 is 0 Å². The van der Waals surface area contributed by atoms with Crippen molar-refractivity contribution in [1.29, 1.82) is 0 Å². The van der Waals surface area contributed by atoms with E-state index in [0.29, 0.717) is 11.8 Å². The molecule has 92 valence electrons. The molecule has 16 heavy (non-hydrogen) atoms. The van der Waals surface area contributed by atoms with Crippen LogP contribution >= 0.6 is 15.9 Å². The van der Waals surface area contributed by atoms with E-state index in [1.54, 1.807) is 0 Å². The third-order valence-electron chi connectivity index (χ3n) is 2.48. The first-order valence-electron chi connectivity index (χ1n) is 5.75. The number of aryl methyl sites for hydroxylation is 1. The molecule has 0 bridgehead atoms. The zero-order valence-corrected chi connectivity index (χ0v) is 12.1. The largest absolute Gasteiger partial charge is 0.316 e. The molecule has 4 nitrogen and oxygen atoms in total. The lowest BCUT2D eigenvalue weighted by Crippen LogP contribution is -2.26. The molecule has 1 unspecified atom stereocenters. The highest BCUT2D eigenvalue weighted by Crippen LogP contribution is 2.15. The predicted molar refractivity (Wildman–Crippen MR) is 69.3 cm³/mol. The third-order valence-corrected chi connectivity index (χ3v) is 3.10. The topological polar surface area (TPSA) is 42.7 Å². The molecule has 0 amide bonds. The van der Waals surface area contributed by atoms with Gasteiger partial charge < -0.3 is 5.32 Å². The SMILES string of the molecule is CC(C)CNCC(C)Cc1c(Br)nnn1C. The summed E-state index contributed by atoms with van der Waals surface area (Å²) >= 11 is 3.42. The standard InChI is InChI=1S/C11H21BrN4/c1-8(2)6-13-7-9(3)5-10-11(12)14-15-16(10)4/h8-9,13H,5-7H2,1-4H3. The highest BCUT2D eigenvalue weighted by molar-refractivity contribution is 9.10. The van der Waals surface area contributed by atoms with Crippen LogP contribution in [0.5, 0.6) is 0 Å². The smallest absolute Gasteiger partial charge is 0.151 e. The zero-order valence-electron chi connectivity index (χ0n) is 10.5. The van der Waals surface area contributed by atoms with Crippen LogP contribution in [0.2, 0.25) is 0 Å². The minimum atomic E-state index is 0.590. The molecule has 0 aromatic carbocycles. The number of nitrogens with one attached hydrogen (secondary N) is 1. The van der Waals surface area contributed by atoms with E-state index in [1.165, 1.54) is 5.69 Å². The Labute approximate surface area is 106 Å². The van der Waals surface area contributed by atoms with Crippen molar-refractivity contribution in [2.75, 3.05) is 13.1 Å². The quantitative estimate of drug-likeness (QED) is 0.871. The fraction of sp³-hybridized carbons (Fsp3) is 0.818. The van der Waals surface area contributed by atoms with E-state index in [2.05, 4.69) is 52.3 Å². The van der Waals surface area contributed by atoms with Gasteiger partial charge in [0, 0.05) is 7.05 Å². The van der Waals surface area contributed by atoms with Gasteiger partial charge in [-0.25, -0.2) is 0 Å². The van der Waals surface area contributed by atoms with Gasteiger partial charge in [0.1, 0.15) is 0 Å². The summed E-state index contributed by atoms with van der Waals surface area (Å²) in [4.78, 5) is 0. The number of hydrogen-bond acceptors (Lipinski definition) is 3. The summed E-state index contributed by atoms with van der Waals surface area (Å²) in [6.07, 6.45) is 0.995. The van der Waals surface area contributed by atoms with Gasteiger partial charge in [-0.3, -0.25) is 4.68 Å². The second-order valence-corrected chi connectivity index (χ2v) is 5.56. The first-order valence-corrected chi connectivity index (χ1v) is 6.54. The lowest BCUT2D eigenvalue weighted by atomic mass is 10.1. The fourth-order valence-corrected chi connectivity index (χ4v) is 2.08. The molecule has 1 rings (SSSR count). The van der Waals surface area contributed by atoms with E-state index in [-0.39, 0.29) is 0 Å². The molecule has 0 saturated carbocycles. The number of nitrogens with zero attached hydrogens (tertiary/aromatic N) is 3. The van der Waals surface area contributed by atoms with E-state index >= 15 is 0 Å². The monoisotopic (exact) mass is 288 g/mol. The van der Waals surface area contributed by atoms with E-state index in [9.17, 15) is 0 Å². The van der Waals surface area contributed by atoms with Crippen LogP contribution in [0.15, 0.2) is 4.60 Å². The molecule has 0 radical (unpaired) electrons. The highest BCUT2D eigenvalue weighted by atomic mass is 79.9. The summed E-state index contributed by atoms with van der Waals surface area (Å²) in [5.74, 6) is 1.30. The molecule has 0 aliphatic heterocycles. The van der Waals surface area contributed by atoms with E-state index in [1.807, 2.05) is 11.7 Å². The Morgan fingerprint density at radius 2 is 2.00 bits per heavy atom. The summed E-state index contributed by atoms with van der Waals surface area (Å²) in [6, 6.07) is 0. The molecular formula is C11H21BrN4.